The van der Waals surface area contributed by atoms with E-state index in [9.17, 15) is 4.79 Å². The van der Waals surface area contributed by atoms with Crippen LogP contribution in [0.25, 0.3) is 5.65 Å². The Balaban J connectivity index is 1.24. The average molecular weight is 374 g/mol. The summed E-state index contributed by atoms with van der Waals surface area (Å²) in [6.07, 6.45) is 7.33. The van der Waals surface area contributed by atoms with Gasteiger partial charge in [0.2, 0.25) is 0 Å². The Morgan fingerprint density at radius 2 is 1.82 bits per heavy atom. The number of hydrogen-bond acceptors (Lipinski definition) is 3. The van der Waals surface area contributed by atoms with E-state index < -0.39 is 0 Å². The lowest BCUT2D eigenvalue weighted by atomic mass is 9.87. The first-order valence-electron chi connectivity index (χ1n) is 10.2. The number of fused-ring (bicyclic) bond motifs is 2. The molecule has 1 amide bonds. The van der Waals surface area contributed by atoms with Crippen molar-refractivity contribution in [1.82, 2.24) is 19.2 Å². The highest BCUT2D eigenvalue weighted by molar-refractivity contribution is 5.93. The number of pyridine rings is 1. The van der Waals surface area contributed by atoms with Gasteiger partial charge in [-0.3, -0.25) is 9.69 Å². The molecule has 1 aliphatic heterocycles. The van der Waals surface area contributed by atoms with Gasteiger partial charge in [0, 0.05) is 44.6 Å². The molecule has 1 aromatic carbocycles. The molecule has 0 N–H and O–H groups in total. The maximum atomic E-state index is 13.0. The molecule has 5 heteroatoms. The molecule has 1 fully saturated rings. The molecule has 0 radical (unpaired) electrons. The van der Waals surface area contributed by atoms with Crippen molar-refractivity contribution in [3.05, 3.63) is 71.2 Å². The number of aromatic nitrogens is 2. The molecular formula is C23H26N4O. The Morgan fingerprint density at radius 1 is 1.04 bits per heavy atom. The molecule has 5 rings (SSSR count). The number of carbonyl (C=O) groups is 1. The van der Waals surface area contributed by atoms with Crippen LogP contribution in [0, 0.1) is 6.92 Å². The van der Waals surface area contributed by atoms with Crippen molar-refractivity contribution >= 4 is 11.6 Å². The summed E-state index contributed by atoms with van der Waals surface area (Å²) >= 11 is 0. The second kappa shape index (κ2) is 7.06. The van der Waals surface area contributed by atoms with Gasteiger partial charge in [0.05, 0.1) is 0 Å². The van der Waals surface area contributed by atoms with Crippen LogP contribution in [0.2, 0.25) is 0 Å². The number of carbonyl (C=O) groups excluding carboxylic acids is 1. The number of hydrogen-bond donors (Lipinski definition) is 0. The molecule has 2 aromatic heterocycles. The van der Waals surface area contributed by atoms with E-state index in [-0.39, 0.29) is 5.91 Å². The predicted octanol–water partition coefficient (Wildman–Crippen LogP) is 2.96. The monoisotopic (exact) mass is 374 g/mol. The molecule has 2 aliphatic rings. The standard InChI is InChI=1S/C23H26N4O/c1-17-5-4-10-27-16-21(24-22(17)27)23(28)26-13-11-25(12-14-26)20-9-8-18-6-2-3-7-19(18)15-20/h2-7,10,16,20H,8-9,11-15H2,1H3. The molecule has 0 spiro atoms. The lowest BCUT2D eigenvalue weighted by Gasteiger charge is -2.41. The predicted molar refractivity (Wildman–Crippen MR) is 110 cm³/mol. The van der Waals surface area contributed by atoms with Gasteiger partial charge in [-0.25, -0.2) is 4.98 Å². The maximum absolute atomic E-state index is 13.0. The third-order valence-corrected chi connectivity index (χ3v) is 6.34. The van der Waals surface area contributed by atoms with Crippen LogP contribution in [0.15, 0.2) is 48.8 Å². The van der Waals surface area contributed by atoms with Gasteiger partial charge in [0.15, 0.2) is 0 Å². The first kappa shape index (κ1) is 17.4. The van der Waals surface area contributed by atoms with Gasteiger partial charge in [0.25, 0.3) is 5.91 Å². The zero-order valence-corrected chi connectivity index (χ0v) is 16.3. The average Bonchev–Trinajstić information content (AvgIpc) is 3.19. The smallest absolute Gasteiger partial charge is 0.274 e. The summed E-state index contributed by atoms with van der Waals surface area (Å²) in [6.45, 7) is 5.49. The van der Waals surface area contributed by atoms with Crippen LogP contribution in [-0.2, 0) is 12.8 Å². The van der Waals surface area contributed by atoms with Gasteiger partial charge in [-0.05, 0) is 48.9 Å². The molecule has 5 nitrogen and oxygen atoms in total. The van der Waals surface area contributed by atoms with Crippen molar-refractivity contribution in [1.29, 1.82) is 0 Å². The van der Waals surface area contributed by atoms with Gasteiger partial charge in [-0.1, -0.05) is 30.3 Å². The first-order chi connectivity index (χ1) is 13.7. The molecule has 1 aliphatic carbocycles. The van der Waals surface area contributed by atoms with Crippen LogP contribution in [-0.4, -0.2) is 57.3 Å². The van der Waals surface area contributed by atoms with E-state index in [1.54, 1.807) is 0 Å². The summed E-state index contributed by atoms with van der Waals surface area (Å²) < 4.78 is 1.94. The minimum atomic E-state index is 0.0525. The number of amides is 1. The SMILES string of the molecule is Cc1cccn2cc(C(=O)N3CCN(C4CCc5ccccc5C4)CC3)nc12. The third kappa shape index (κ3) is 3.10. The molecule has 1 unspecified atom stereocenters. The summed E-state index contributed by atoms with van der Waals surface area (Å²) in [4.78, 5) is 22.1. The van der Waals surface area contributed by atoms with Gasteiger partial charge in [-0.2, -0.15) is 0 Å². The minimum absolute atomic E-state index is 0.0525. The maximum Gasteiger partial charge on any atom is 0.274 e. The summed E-state index contributed by atoms with van der Waals surface area (Å²) in [5, 5.41) is 0. The number of nitrogens with zero attached hydrogens (tertiary/aromatic N) is 4. The number of rotatable bonds is 2. The molecule has 3 aromatic rings. The summed E-state index contributed by atoms with van der Waals surface area (Å²) in [5.41, 5.74) is 5.51. The lowest BCUT2D eigenvalue weighted by molar-refractivity contribution is 0.0548. The Hall–Kier alpha value is -2.66. The molecule has 3 heterocycles. The normalized spacial score (nSPS) is 20.3. The topological polar surface area (TPSA) is 40.9 Å². The minimum Gasteiger partial charge on any atom is -0.335 e. The van der Waals surface area contributed by atoms with Crippen molar-refractivity contribution in [2.24, 2.45) is 0 Å². The van der Waals surface area contributed by atoms with Crippen LogP contribution in [0.3, 0.4) is 0 Å². The van der Waals surface area contributed by atoms with E-state index in [4.69, 9.17) is 0 Å². The fourth-order valence-corrected chi connectivity index (χ4v) is 4.70. The number of aryl methyl sites for hydroxylation is 2. The van der Waals surface area contributed by atoms with Crippen molar-refractivity contribution in [2.45, 2.75) is 32.2 Å². The Labute approximate surface area is 165 Å². The van der Waals surface area contributed by atoms with E-state index in [0.29, 0.717) is 11.7 Å². The van der Waals surface area contributed by atoms with Gasteiger partial charge in [0.1, 0.15) is 11.3 Å². The fraction of sp³-hybridized carbons (Fsp3) is 0.391. The van der Waals surface area contributed by atoms with Crippen molar-refractivity contribution in [3.63, 3.8) is 0 Å². The highest BCUT2D eigenvalue weighted by atomic mass is 16.2. The van der Waals surface area contributed by atoms with Crippen LogP contribution < -0.4 is 0 Å². The zero-order chi connectivity index (χ0) is 19.1. The van der Waals surface area contributed by atoms with Crippen molar-refractivity contribution in [2.75, 3.05) is 26.2 Å². The molecule has 1 saturated heterocycles. The Morgan fingerprint density at radius 3 is 2.61 bits per heavy atom. The molecule has 0 bridgehead atoms. The number of piperazine rings is 1. The van der Waals surface area contributed by atoms with Crippen molar-refractivity contribution in [3.8, 4) is 0 Å². The Bertz CT molecular complexity index is 1020. The number of imidazole rings is 1. The summed E-state index contributed by atoms with van der Waals surface area (Å²) in [7, 11) is 0. The number of benzene rings is 1. The van der Waals surface area contributed by atoms with Crippen LogP contribution >= 0.6 is 0 Å². The third-order valence-electron chi connectivity index (χ3n) is 6.34. The van der Waals surface area contributed by atoms with E-state index in [0.717, 1.165) is 43.8 Å². The second-order valence-corrected chi connectivity index (χ2v) is 8.04. The molecule has 144 valence electrons. The molecular weight excluding hydrogens is 348 g/mol. The summed E-state index contributed by atoms with van der Waals surface area (Å²) in [6, 6.07) is 13.4. The van der Waals surface area contributed by atoms with Gasteiger partial charge in [-0.15, -0.1) is 0 Å². The largest absolute Gasteiger partial charge is 0.335 e. The Kier molecular flexibility index (Phi) is 4.40. The zero-order valence-electron chi connectivity index (χ0n) is 16.3. The van der Waals surface area contributed by atoms with E-state index in [2.05, 4.69) is 34.1 Å². The van der Waals surface area contributed by atoms with Gasteiger partial charge < -0.3 is 9.30 Å². The lowest BCUT2D eigenvalue weighted by Crippen LogP contribution is -2.53. The molecule has 28 heavy (non-hydrogen) atoms. The van der Waals surface area contributed by atoms with Gasteiger partial charge >= 0.3 is 0 Å². The summed E-state index contributed by atoms with van der Waals surface area (Å²) in [5.74, 6) is 0.0525. The quantitative estimate of drug-likeness (QED) is 0.692. The van der Waals surface area contributed by atoms with Crippen LogP contribution in [0.1, 0.15) is 33.6 Å². The van der Waals surface area contributed by atoms with E-state index in [1.807, 2.05) is 40.8 Å². The molecule has 1 atom stereocenters. The highest BCUT2D eigenvalue weighted by Gasteiger charge is 2.29. The second-order valence-electron chi connectivity index (χ2n) is 8.04. The van der Waals surface area contributed by atoms with E-state index in [1.165, 1.54) is 24.0 Å². The fourth-order valence-electron chi connectivity index (χ4n) is 4.70. The van der Waals surface area contributed by atoms with E-state index >= 15 is 0 Å². The first-order valence-corrected chi connectivity index (χ1v) is 10.2. The van der Waals surface area contributed by atoms with Crippen LogP contribution in [0.4, 0.5) is 0 Å². The van der Waals surface area contributed by atoms with Crippen LogP contribution in [0.5, 0.6) is 0 Å². The highest BCUT2D eigenvalue weighted by Crippen LogP contribution is 2.25. The van der Waals surface area contributed by atoms with Crippen molar-refractivity contribution < 1.29 is 4.79 Å². The molecule has 0 saturated carbocycles.